The van der Waals surface area contributed by atoms with Gasteiger partial charge in [-0.15, -0.1) is 0 Å². The number of anilines is 1. The van der Waals surface area contributed by atoms with Gasteiger partial charge in [-0.3, -0.25) is 0 Å². The number of rotatable bonds is 7. The summed E-state index contributed by atoms with van der Waals surface area (Å²) in [5.74, 6) is -1.10. The Labute approximate surface area is 116 Å². The van der Waals surface area contributed by atoms with Crippen LogP contribution in [0.25, 0.3) is 0 Å². The SMILES string of the molecule is C=CC(=O)OCCOC(=O)c1ccc(N(C)CF)cc1. The zero-order valence-electron chi connectivity index (χ0n) is 11.2. The third kappa shape index (κ3) is 4.72. The molecule has 0 fully saturated rings. The number of alkyl halides is 1. The highest BCUT2D eigenvalue weighted by Gasteiger charge is 2.08. The van der Waals surface area contributed by atoms with Crippen molar-refractivity contribution in [2.45, 2.75) is 0 Å². The number of ether oxygens (including phenoxy) is 2. The van der Waals surface area contributed by atoms with Crippen molar-refractivity contribution in [1.29, 1.82) is 0 Å². The number of hydrogen-bond acceptors (Lipinski definition) is 5. The molecular formula is C14H16FNO4. The lowest BCUT2D eigenvalue weighted by atomic mass is 10.2. The third-order valence-electron chi connectivity index (χ3n) is 2.45. The van der Waals surface area contributed by atoms with Crippen molar-refractivity contribution in [2.24, 2.45) is 0 Å². The second-order valence-corrected chi connectivity index (χ2v) is 3.87. The van der Waals surface area contributed by atoms with Gasteiger partial charge in [-0.1, -0.05) is 6.58 Å². The minimum atomic E-state index is -0.613. The van der Waals surface area contributed by atoms with E-state index in [1.807, 2.05) is 0 Å². The molecule has 0 spiro atoms. The highest BCUT2D eigenvalue weighted by molar-refractivity contribution is 5.89. The van der Waals surface area contributed by atoms with Crippen LogP contribution in [0.3, 0.4) is 0 Å². The molecule has 5 nitrogen and oxygen atoms in total. The zero-order chi connectivity index (χ0) is 15.0. The molecule has 6 heteroatoms. The van der Waals surface area contributed by atoms with E-state index < -0.39 is 18.7 Å². The lowest BCUT2D eigenvalue weighted by molar-refractivity contribution is -0.138. The quantitative estimate of drug-likeness (QED) is 0.331. The first-order chi connectivity index (χ1) is 9.58. The Balaban J connectivity index is 2.43. The molecule has 1 aromatic carbocycles. The van der Waals surface area contributed by atoms with E-state index in [1.165, 1.54) is 4.90 Å². The Morgan fingerprint density at radius 1 is 1.25 bits per heavy atom. The largest absolute Gasteiger partial charge is 0.459 e. The van der Waals surface area contributed by atoms with Crippen LogP contribution in [0.4, 0.5) is 10.1 Å². The van der Waals surface area contributed by atoms with E-state index in [0.717, 1.165) is 6.08 Å². The molecule has 0 aliphatic carbocycles. The molecule has 0 aliphatic rings. The summed E-state index contributed by atoms with van der Waals surface area (Å²) in [6, 6.07) is 6.32. The molecule has 0 bridgehead atoms. The van der Waals surface area contributed by atoms with Gasteiger partial charge in [0.15, 0.2) is 6.80 Å². The predicted octanol–water partition coefficient (Wildman–Crippen LogP) is 1.94. The summed E-state index contributed by atoms with van der Waals surface area (Å²) in [5, 5.41) is 0. The molecule has 0 amide bonds. The fourth-order valence-corrected chi connectivity index (χ4v) is 1.34. The summed E-state index contributed by atoms with van der Waals surface area (Å²) in [4.78, 5) is 23.8. The monoisotopic (exact) mass is 281 g/mol. The van der Waals surface area contributed by atoms with Crippen LogP contribution in [0.5, 0.6) is 0 Å². The van der Waals surface area contributed by atoms with Gasteiger partial charge in [0.05, 0.1) is 5.56 Å². The van der Waals surface area contributed by atoms with Crippen molar-refractivity contribution in [2.75, 3.05) is 32.0 Å². The first-order valence-electron chi connectivity index (χ1n) is 5.92. The second kappa shape index (κ2) is 7.93. The molecule has 0 aliphatic heterocycles. The van der Waals surface area contributed by atoms with Gasteiger partial charge in [-0.25, -0.2) is 14.0 Å². The molecule has 1 aromatic rings. The van der Waals surface area contributed by atoms with Gasteiger partial charge in [-0.2, -0.15) is 0 Å². The Morgan fingerprint density at radius 3 is 2.40 bits per heavy atom. The van der Waals surface area contributed by atoms with Crippen LogP contribution < -0.4 is 4.90 Å². The molecule has 20 heavy (non-hydrogen) atoms. The summed E-state index contributed by atoms with van der Waals surface area (Å²) < 4.78 is 22.0. The molecule has 0 heterocycles. The van der Waals surface area contributed by atoms with Crippen LogP contribution in [-0.2, 0) is 14.3 Å². The van der Waals surface area contributed by atoms with Gasteiger partial charge in [0.2, 0.25) is 0 Å². The average molecular weight is 281 g/mol. The minimum absolute atomic E-state index is 0.0285. The number of hydrogen-bond donors (Lipinski definition) is 0. The zero-order valence-corrected chi connectivity index (χ0v) is 11.2. The first kappa shape index (κ1) is 15.7. The van der Waals surface area contributed by atoms with Gasteiger partial charge in [-0.05, 0) is 24.3 Å². The van der Waals surface area contributed by atoms with Crippen molar-refractivity contribution in [3.8, 4) is 0 Å². The van der Waals surface area contributed by atoms with Crippen LogP contribution >= 0.6 is 0 Å². The molecule has 0 N–H and O–H groups in total. The molecule has 0 aromatic heterocycles. The maximum absolute atomic E-state index is 12.4. The highest BCUT2D eigenvalue weighted by atomic mass is 19.1. The van der Waals surface area contributed by atoms with Crippen molar-refractivity contribution < 1.29 is 23.5 Å². The molecule has 108 valence electrons. The van der Waals surface area contributed by atoms with Crippen molar-refractivity contribution in [3.63, 3.8) is 0 Å². The van der Waals surface area contributed by atoms with E-state index >= 15 is 0 Å². The number of carbonyl (C=O) groups is 2. The van der Waals surface area contributed by atoms with Gasteiger partial charge >= 0.3 is 11.9 Å². The fourth-order valence-electron chi connectivity index (χ4n) is 1.34. The lowest BCUT2D eigenvalue weighted by Crippen LogP contribution is -2.15. The first-order valence-corrected chi connectivity index (χ1v) is 5.92. The molecule has 1 rings (SSSR count). The van der Waals surface area contributed by atoms with Crippen LogP contribution in [0.15, 0.2) is 36.9 Å². The Morgan fingerprint density at radius 2 is 1.85 bits per heavy atom. The average Bonchev–Trinajstić information content (AvgIpc) is 2.50. The summed E-state index contributed by atoms with van der Waals surface area (Å²) in [5.41, 5.74) is 1.00. The summed E-state index contributed by atoms with van der Waals surface area (Å²) in [6.45, 7) is 2.56. The Bertz CT molecular complexity index is 473. The maximum atomic E-state index is 12.4. The Hall–Kier alpha value is -2.37. The van der Waals surface area contributed by atoms with Crippen LogP contribution in [0.2, 0.25) is 0 Å². The summed E-state index contributed by atoms with van der Waals surface area (Å²) in [7, 11) is 1.60. The second-order valence-electron chi connectivity index (χ2n) is 3.87. The molecule has 0 radical (unpaired) electrons. The van der Waals surface area contributed by atoms with E-state index in [2.05, 4.69) is 11.3 Å². The highest BCUT2D eigenvalue weighted by Crippen LogP contribution is 2.14. The van der Waals surface area contributed by atoms with E-state index in [1.54, 1.807) is 31.3 Å². The van der Waals surface area contributed by atoms with E-state index in [0.29, 0.717) is 11.3 Å². The van der Waals surface area contributed by atoms with Crippen molar-refractivity contribution in [3.05, 3.63) is 42.5 Å². The number of benzene rings is 1. The van der Waals surface area contributed by atoms with Crippen LogP contribution in [0.1, 0.15) is 10.4 Å². The van der Waals surface area contributed by atoms with Gasteiger partial charge in [0.25, 0.3) is 0 Å². The number of carbonyl (C=O) groups excluding carboxylic acids is 2. The van der Waals surface area contributed by atoms with Gasteiger partial charge in [0.1, 0.15) is 13.2 Å². The predicted molar refractivity (Wildman–Crippen MR) is 72.3 cm³/mol. The molecule has 0 unspecified atom stereocenters. The molecule has 0 atom stereocenters. The fraction of sp³-hybridized carbons (Fsp3) is 0.286. The topological polar surface area (TPSA) is 55.8 Å². The smallest absolute Gasteiger partial charge is 0.338 e. The number of nitrogens with zero attached hydrogens (tertiary/aromatic N) is 1. The van der Waals surface area contributed by atoms with Crippen molar-refractivity contribution >= 4 is 17.6 Å². The van der Waals surface area contributed by atoms with Gasteiger partial charge in [0, 0.05) is 18.8 Å². The molecular weight excluding hydrogens is 265 g/mol. The number of esters is 2. The lowest BCUT2D eigenvalue weighted by Gasteiger charge is -2.14. The molecule has 0 saturated carbocycles. The summed E-state index contributed by atoms with van der Waals surface area (Å²) >= 11 is 0. The molecule has 0 saturated heterocycles. The van der Waals surface area contributed by atoms with E-state index in [9.17, 15) is 14.0 Å². The number of halogens is 1. The Kier molecular flexibility index (Phi) is 6.22. The van der Waals surface area contributed by atoms with Gasteiger partial charge < -0.3 is 14.4 Å². The van der Waals surface area contributed by atoms with E-state index in [-0.39, 0.29) is 13.2 Å². The standard InChI is InChI=1S/C14H16FNO4/c1-3-13(17)19-8-9-20-14(18)11-4-6-12(7-5-11)16(2)10-15/h3-7H,1,8-10H2,2H3. The third-order valence-corrected chi connectivity index (χ3v) is 2.45. The minimum Gasteiger partial charge on any atom is -0.459 e. The maximum Gasteiger partial charge on any atom is 0.338 e. The van der Waals surface area contributed by atoms with Crippen LogP contribution in [0, 0.1) is 0 Å². The summed E-state index contributed by atoms with van der Waals surface area (Å²) in [6.07, 6.45) is 1.03. The van der Waals surface area contributed by atoms with Crippen molar-refractivity contribution in [1.82, 2.24) is 0 Å². The normalized spacial score (nSPS) is 9.70. The van der Waals surface area contributed by atoms with Crippen LogP contribution in [-0.4, -0.2) is 39.0 Å². The van der Waals surface area contributed by atoms with E-state index in [4.69, 9.17) is 4.74 Å².